The third-order valence-electron chi connectivity index (χ3n) is 3.54. The van der Waals surface area contributed by atoms with E-state index in [-0.39, 0.29) is 11.9 Å². The van der Waals surface area contributed by atoms with E-state index in [2.05, 4.69) is 0 Å². The van der Waals surface area contributed by atoms with E-state index in [1.54, 1.807) is 6.07 Å². The number of rotatable bonds is 2. The third-order valence-corrected chi connectivity index (χ3v) is 3.54. The fourth-order valence-electron chi connectivity index (χ4n) is 2.36. The van der Waals surface area contributed by atoms with Gasteiger partial charge in [-0.1, -0.05) is 0 Å². The van der Waals surface area contributed by atoms with Gasteiger partial charge in [-0.2, -0.15) is 0 Å². The Morgan fingerprint density at radius 3 is 2.67 bits per heavy atom. The minimum Gasteiger partial charge on any atom is -0.399 e. The maximum atomic E-state index is 12.4. The Bertz CT molecular complexity index is 439. The van der Waals surface area contributed by atoms with Gasteiger partial charge in [-0.05, 0) is 43.5 Å². The summed E-state index contributed by atoms with van der Waals surface area (Å²) in [6.45, 7) is 3.40. The lowest BCUT2D eigenvalue weighted by Gasteiger charge is -2.31. The monoisotopic (exact) mass is 248 g/mol. The standard InChI is InChI=1S/C14H20N2O2/c1-10-9-11(15)3-4-13(10)14(17)16(2)12-5-7-18-8-6-12/h3-4,9,12H,5-8,15H2,1-2H3. The highest BCUT2D eigenvalue weighted by Gasteiger charge is 2.24. The van der Waals surface area contributed by atoms with Gasteiger partial charge in [0.25, 0.3) is 5.91 Å². The Hall–Kier alpha value is -1.55. The molecule has 0 radical (unpaired) electrons. The normalized spacial score (nSPS) is 16.6. The third kappa shape index (κ3) is 2.64. The van der Waals surface area contributed by atoms with Gasteiger partial charge in [0.2, 0.25) is 0 Å². The van der Waals surface area contributed by atoms with Crippen molar-refractivity contribution >= 4 is 11.6 Å². The van der Waals surface area contributed by atoms with Crippen LogP contribution in [0.3, 0.4) is 0 Å². The van der Waals surface area contributed by atoms with Crippen LogP contribution in [0.5, 0.6) is 0 Å². The molecule has 0 atom stereocenters. The van der Waals surface area contributed by atoms with E-state index >= 15 is 0 Å². The van der Waals surface area contributed by atoms with E-state index < -0.39 is 0 Å². The predicted octanol–water partition coefficient (Wildman–Crippen LogP) is 1.83. The zero-order valence-corrected chi connectivity index (χ0v) is 11.0. The van der Waals surface area contributed by atoms with E-state index in [0.717, 1.165) is 37.2 Å². The fraction of sp³-hybridized carbons (Fsp3) is 0.500. The molecular formula is C14H20N2O2. The van der Waals surface area contributed by atoms with Crippen molar-refractivity contribution in [3.63, 3.8) is 0 Å². The van der Waals surface area contributed by atoms with Gasteiger partial charge in [-0.25, -0.2) is 0 Å². The second kappa shape index (κ2) is 5.40. The number of carbonyl (C=O) groups is 1. The molecule has 1 heterocycles. The Morgan fingerprint density at radius 2 is 2.06 bits per heavy atom. The van der Waals surface area contributed by atoms with Crippen LogP contribution < -0.4 is 5.73 Å². The molecule has 1 aromatic rings. The lowest BCUT2D eigenvalue weighted by Crippen LogP contribution is -2.40. The van der Waals surface area contributed by atoms with Gasteiger partial charge in [0.15, 0.2) is 0 Å². The van der Waals surface area contributed by atoms with Crippen molar-refractivity contribution in [2.24, 2.45) is 0 Å². The van der Waals surface area contributed by atoms with Crippen LogP contribution in [0.2, 0.25) is 0 Å². The number of anilines is 1. The molecule has 2 N–H and O–H groups in total. The quantitative estimate of drug-likeness (QED) is 0.812. The summed E-state index contributed by atoms with van der Waals surface area (Å²) in [5.74, 6) is 0.0689. The van der Waals surface area contributed by atoms with E-state index in [4.69, 9.17) is 10.5 Å². The highest BCUT2D eigenvalue weighted by molar-refractivity contribution is 5.96. The lowest BCUT2D eigenvalue weighted by atomic mass is 10.0. The molecule has 1 aliphatic heterocycles. The SMILES string of the molecule is Cc1cc(N)ccc1C(=O)N(C)C1CCOCC1. The Morgan fingerprint density at radius 1 is 1.39 bits per heavy atom. The highest BCUT2D eigenvalue weighted by atomic mass is 16.5. The van der Waals surface area contributed by atoms with Crippen molar-refractivity contribution in [1.29, 1.82) is 0 Å². The number of amides is 1. The molecule has 4 nitrogen and oxygen atoms in total. The number of benzene rings is 1. The molecule has 1 fully saturated rings. The molecule has 0 saturated carbocycles. The van der Waals surface area contributed by atoms with Crippen molar-refractivity contribution in [2.75, 3.05) is 26.0 Å². The second-order valence-corrected chi connectivity index (χ2v) is 4.83. The highest BCUT2D eigenvalue weighted by Crippen LogP contribution is 2.19. The topological polar surface area (TPSA) is 55.6 Å². The summed E-state index contributed by atoms with van der Waals surface area (Å²) in [6, 6.07) is 5.70. The van der Waals surface area contributed by atoms with Crippen molar-refractivity contribution in [3.05, 3.63) is 29.3 Å². The molecule has 0 aromatic heterocycles. The van der Waals surface area contributed by atoms with Crippen LogP contribution in [0.15, 0.2) is 18.2 Å². The molecule has 0 aliphatic carbocycles. The molecule has 1 amide bonds. The number of aryl methyl sites for hydroxylation is 1. The number of nitrogens with two attached hydrogens (primary N) is 1. The minimum absolute atomic E-state index is 0.0689. The summed E-state index contributed by atoms with van der Waals surface area (Å²) < 4.78 is 5.32. The number of nitrogen functional groups attached to an aromatic ring is 1. The van der Waals surface area contributed by atoms with Gasteiger partial charge in [-0.3, -0.25) is 4.79 Å². The molecule has 0 bridgehead atoms. The first-order valence-corrected chi connectivity index (χ1v) is 6.30. The predicted molar refractivity (Wildman–Crippen MR) is 71.5 cm³/mol. The molecule has 0 spiro atoms. The maximum absolute atomic E-state index is 12.4. The van der Waals surface area contributed by atoms with Crippen LogP contribution in [-0.4, -0.2) is 37.1 Å². The van der Waals surface area contributed by atoms with Gasteiger partial charge in [0, 0.05) is 37.6 Å². The zero-order valence-electron chi connectivity index (χ0n) is 11.0. The van der Waals surface area contributed by atoms with E-state index in [1.807, 2.05) is 31.0 Å². The molecular weight excluding hydrogens is 228 g/mol. The number of hydrogen-bond acceptors (Lipinski definition) is 3. The summed E-state index contributed by atoms with van der Waals surface area (Å²) in [4.78, 5) is 14.3. The first kappa shape index (κ1) is 12.9. The summed E-state index contributed by atoms with van der Waals surface area (Å²) in [6.07, 6.45) is 1.83. The van der Waals surface area contributed by atoms with Crippen LogP contribution in [0.1, 0.15) is 28.8 Å². The summed E-state index contributed by atoms with van der Waals surface area (Å²) in [5, 5.41) is 0. The van der Waals surface area contributed by atoms with Crippen LogP contribution in [0.25, 0.3) is 0 Å². The largest absolute Gasteiger partial charge is 0.399 e. The molecule has 98 valence electrons. The number of nitrogens with zero attached hydrogens (tertiary/aromatic N) is 1. The molecule has 1 aliphatic rings. The number of ether oxygens (including phenoxy) is 1. The number of carbonyl (C=O) groups excluding carboxylic acids is 1. The van der Waals surface area contributed by atoms with Crippen LogP contribution in [-0.2, 0) is 4.74 Å². The molecule has 1 aromatic carbocycles. The van der Waals surface area contributed by atoms with E-state index in [1.165, 1.54) is 0 Å². The maximum Gasteiger partial charge on any atom is 0.254 e. The molecule has 18 heavy (non-hydrogen) atoms. The average molecular weight is 248 g/mol. The van der Waals surface area contributed by atoms with Crippen LogP contribution in [0, 0.1) is 6.92 Å². The number of hydrogen-bond donors (Lipinski definition) is 1. The lowest BCUT2D eigenvalue weighted by molar-refractivity contribution is 0.0362. The zero-order chi connectivity index (χ0) is 13.1. The molecule has 1 saturated heterocycles. The van der Waals surface area contributed by atoms with Gasteiger partial charge >= 0.3 is 0 Å². The second-order valence-electron chi connectivity index (χ2n) is 4.83. The van der Waals surface area contributed by atoms with Crippen molar-refractivity contribution in [2.45, 2.75) is 25.8 Å². The van der Waals surface area contributed by atoms with E-state index in [9.17, 15) is 4.79 Å². The van der Waals surface area contributed by atoms with Gasteiger partial charge in [0.05, 0.1) is 0 Å². The Kier molecular flexibility index (Phi) is 3.87. The molecule has 2 rings (SSSR count). The molecule has 4 heteroatoms. The van der Waals surface area contributed by atoms with Crippen molar-refractivity contribution < 1.29 is 9.53 Å². The van der Waals surface area contributed by atoms with Gasteiger partial charge in [-0.15, -0.1) is 0 Å². The summed E-state index contributed by atoms with van der Waals surface area (Å²) in [7, 11) is 1.87. The fourth-order valence-corrected chi connectivity index (χ4v) is 2.36. The molecule has 0 unspecified atom stereocenters. The summed E-state index contributed by atoms with van der Waals surface area (Å²) >= 11 is 0. The smallest absolute Gasteiger partial charge is 0.254 e. The Balaban J connectivity index is 2.14. The van der Waals surface area contributed by atoms with Crippen LogP contribution in [0.4, 0.5) is 5.69 Å². The van der Waals surface area contributed by atoms with Crippen molar-refractivity contribution in [1.82, 2.24) is 4.90 Å². The van der Waals surface area contributed by atoms with Crippen molar-refractivity contribution in [3.8, 4) is 0 Å². The van der Waals surface area contributed by atoms with Gasteiger partial charge < -0.3 is 15.4 Å². The summed E-state index contributed by atoms with van der Waals surface area (Å²) in [5.41, 5.74) is 8.06. The first-order valence-electron chi connectivity index (χ1n) is 6.30. The van der Waals surface area contributed by atoms with E-state index in [0.29, 0.717) is 5.69 Å². The Labute approximate surface area is 108 Å². The minimum atomic E-state index is 0.0689. The first-order chi connectivity index (χ1) is 8.59. The van der Waals surface area contributed by atoms with Crippen LogP contribution >= 0.6 is 0 Å². The average Bonchev–Trinajstić information content (AvgIpc) is 2.38. The van der Waals surface area contributed by atoms with Gasteiger partial charge in [0.1, 0.15) is 0 Å².